The van der Waals surface area contributed by atoms with Crippen molar-refractivity contribution >= 4 is 5.78 Å². The zero-order valence-electron chi connectivity index (χ0n) is 10.1. The molecule has 16 heavy (non-hydrogen) atoms. The molecule has 0 heterocycles. The van der Waals surface area contributed by atoms with E-state index in [0.717, 1.165) is 11.1 Å². The van der Waals surface area contributed by atoms with Crippen LogP contribution in [0.3, 0.4) is 0 Å². The van der Waals surface area contributed by atoms with E-state index in [9.17, 15) is 9.18 Å². The smallest absolute Gasteiger partial charge is 0.168 e. The molecule has 0 aliphatic carbocycles. The summed E-state index contributed by atoms with van der Waals surface area (Å²) in [7, 11) is 1.50. The molecule has 0 fully saturated rings. The lowest BCUT2D eigenvalue weighted by Crippen LogP contribution is -2.35. The minimum absolute atomic E-state index is 0.0521. The van der Waals surface area contributed by atoms with E-state index in [1.807, 2.05) is 6.92 Å². The maximum Gasteiger partial charge on any atom is 0.168 e. The highest BCUT2D eigenvalue weighted by atomic mass is 19.1. The standard InChI is InChI=1S/C13H17FO2/c1-9-5-6-11(14)7-10(9)8-12(15)13(2,3)16-4/h5-7H,8H2,1-4H3. The number of ketones is 1. The molecule has 0 saturated heterocycles. The Morgan fingerprint density at radius 3 is 2.62 bits per heavy atom. The molecule has 1 aromatic rings. The summed E-state index contributed by atoms with van der Waals surface area (Å²) < 4.78 is 18.1. The number of Topliss-reactive ketones (excluding diaryl/α,β-unsaturated/α-hetero) is 1. The normalized spacial score (nSPS) is 11.6. The molecule has 0 radical (unpaired) electrons. The maximum atomic E-state index is 13.0. The van der Waals surface area contributed by atoms with Crippen molar-refractivity contribution < 1.29 is 13.9 Å². The SMILES string of the molecule is COC(C)(C)C(=O)Cc1cc(F)ccc1C. The summed E-state index contributed by atoms with van der Waals surface area (Å²) in [6.45, 7) is 5.29. The number of carbonyl (C=O) groups is 1. The first kappa shape index (κ1) is 12.8. The molecule has 0 spiro atoms. The average molecular weight is 224 g/mol. The van der Waals surface area contributed by atoms with E-state index in [2.05, 4.69) is 0 Å². The van der Waals surface area contributed by atoms with Gasteiger partial charge in [0.1, 0.15) is 11.4 Å². The Morgan fingerprint density at radius 2 is 2.06 bits per heavy atom. The fourth-order valence-corrected chi connectivity index (χ4v) is 1.33. The second-order valence-corrected chi connectivity index (χ2v) is 4.39. The zero-order chi connectivity index (χ0) is 12.3. The van der Waals surface area contributed by atoms with E-state index < -0.39 is 5.60 Å². The van der Waals surface area contributed by atoms with Crippen LogP contribution >= 0.6 is 0 Å². The van der Waals surface area contributed by atoms with E-state index >= 15 is 0 Å². The first-order valence-electron chi connectivity index (χ1n) is 5.20. The molecule has 0 atom stereocenters. The van der Waals surface area contributed by atoms with Gasteiger partial charge in [0, 0.05) is 13.5 Å². The van der Waals surface area contributed by atoms with E-state index in [1.165, 1.54) is 19.2 Å². The number of aryl methyl sites for hydroxylation is 1. The van der Waals surface area contributed by atoms with Crippen LogP contribution in [-0.4, -0.2) is 18.5 Å². The Hall–Kier alpha value is -1.22. The highest BCUT2D eigenvalue weighted by molar-refractivity contribution is 5.88. The van der Waals surface area contributed by atoms with E-state index in [0.29, 0.717) is 0 Å². The fraction of sp³-hybridized carbons (Fsp3) is 0.462. The van der Waals surface area contributed by atoms with Crippen LogP contribution < -0.4 is 0 Å². The number of rotatable bonds is 4. The van der Waals surface area contributed by atoms with Gasteiger partial charge in [0.2, 0.25) is 0 Å². The fourth-order valence-electron chi connectivity index (χ4n) is 1.33. The quantitative estimate of drug-likeness (QED) is 0.786. The third kappa shape index (κ3) is 2.89. The molecule has 1 aromatic carbocycles. The monoisotopic (exact) mass is 224 g/mol. The molecule has 1 rings (SSSR count). The van der Waals surface area contributed by atoms with Gasteiger partial charge in [0.15, 0.2) is 5.78 Å². The van der Waals surface area contributed by atoms with Gasteiger partial charge in [0.25, 0.3) is 0 Å². The number of ether oxygens (including phenoxy) is 1. The summed E-state index contributed by atoms with van der Waals surface area (Å²) in [4.78, 5) is 11.9. The molecule has 0 unspecified atom stereocenters. The van der Waals surface area contributed by atoms with Crippen LogP contribution in [0, 0.1) is 12.7 Å². The van der Waals surface area contributed by atoms with Crippen LogP contribution in [0.4, 0.5) is 4.39 Å². The van der Waals surface area contributed by atoms with Crippen LogP contribution in [0.5, 0.6) is 0 Å². The Kier molecular flexibility index (Phi) is 3.81. The maximum absolute atomic E-state index is 13.0. The lowest BCUT2D eigenvalue weighted by molar-refractivity contribution is -0.136. The first-order valence-corrected chi connectivity index (χ1v) is 5.20. The molecule has 0 aliphatic heterocycles. The third-order valence-electron chi connectivity index (χ3n) is 2.84. The molecule has 0 bridgehead atoms. The first-order chi connectivity index (χ1) is 7.36. The van der Waals surface area contributed by atoms with Gasteiger partial charge in [-0.25, -0.2) is 4.39 Å². The Morgan fingerprint density at radius 1 is 1.44 bits per heavy atom. The second kappa shape index (κ2) is 4.74. The summed E-state index contributed by atoms with van der Waals surface area (Å²) in [5.74, 6) is -0.368. The second-order valence-electron chi connectivity index (χ2n) is 4.39. The number of methoxy groups -OCH3 is 1. The van der Waals surface area contributed by atoms with Crippen LogP contribution in [0.15, 0.2) is 18.2 Å². The molecule has 2 nitrogen and oxygen atoms in total. The average Bonchev–Trinajstić information content (AvgIpc) is 2.23. The van der Waals surface area contributed by atoms with Crippen molar-refractivity contribution in [3.8, 4) is 0 Å². The lowest BCUT2D eigenvalue weighted by Gasteiger charge is -2.21. The summed E-state index contributed by atoms with van der Waals surface area (Å²) in [6, 6.07) is 4.47. The van der Waals surface area contributed by atoms with Gasteiger partial charge in [0.05, 0.1) is 0 Å². The van der Waals surface area contributed by atoms with E-state index in [1.54, 1.807) is 19.9 Å². The minimum Gasteiger partial charge on any atom is -0.371 e. The Balaban J connectivity index is 2.89. The number of halogens is 1. The molecule has 0 amide bonds. The van der Waals surface area contributed by atoms with Gasteiger partial charge in [-0.3, -0.25) is 4.79 Å². The molecule has 88 valence electrons. The predicted molar refractivity (Wildman–Crippen MR) is 60.9 cm³/mol. The molecular formula is C13H17FO2. The van der Waals surface area contributed by atoms with Gasteiger partial charge in [-0.1, -0.05) is 6.07 Å². The molecular weight excluding hydrogens is 207 g/mol. The van der Waals surface area contributed by atoms with Crippen molar-refractivity contribution in [2.75, 3.05) is 7.11 Å². The van der Waals surface area contributed by atoms with Crippen molar-refractivity contribution in [1.29, 1.82) is 0 Å². The molecule has 0 saturated carbocycles. The predicted octanol–water partition coefficient (Wildman–Crippen LogP) is 2.67. The van der Waals surface area contributed by atoms with Crippen molar-refractivity contribution in [3.63, 3.8) is 0 Å². The van der Waals surface area contributed by atoms with Crippen LogP contribution in [-0.2, 0) is 16.0 Å². The van der Waals surface area contributed by atoms with Crippen LogP contribution in [0.25, 0.3) is 0 Å². The summed E-state index contributed by atoms with van der Waals surface area (Å²) in [5, 5.41) is 0. The number of carbonyl (C=O) groups excluding carboxylic acids is 1. The number of hydrogen-bond donors (Lipinski definition) is 0. The third-order valence-corrected chi connectivity index (χ3v) is 2.84. The van der Waals surface area contributed by atoms with Crippen molar-refractivity contribution in [2.45, 2.75) is 32.8 Å². The van der Waals surface area contributed by atoms with Gasteiger partial charge in [-0.15, -0.1) is 0 Å². The van der Waals surface area contributed by atoms with Gasteiger partial charge in [-0.05, 0) is 44.0 Å². The van der Waals surface area contributed by atoms with Crippen molar-refractivity contribution in [3.05, 3.63) is 35.1 Å². The molecule has 3 heteroatoms. The van der Waals surface area contributed by atoms with E-state index in [-0.39, 0.29) is 18.0 Å². The van der Waals surface area contributed by atoms with E-state index in [4.69, 9.17) is 4.74 Å². The minimum atomic E-state index is -0.821. The summed E-state index contributed by atoms with van der Waals surface area (Å²) in [6.07, 6.45) is 0.199. The summed E-state index contributed by atoms with van der Waals surface area (Å²) >= 11 is 0. The van der Waals surface area contributed by atoms with Crippen molar-refractivity contribution in [1.82, 2.24) is 0 Å². The summed E-state index contributed by atoms with van der Waals surface area (Å²) in [5.41, 5.74) is 0.815. The topological polar surface area (TPSA) is 26.3 Å². The van der Waals surface area contributed by atoms with Gasteiger partial charge in [-0.2, -0.15) is 0 Å². The lowest BCUT2D eigenvalue weighted by atomic mass is 9.94. The van der Waals surface area contributed by atoms with Crippen LogP contribution in [0.1, 0.15) is 25.0 Å². The zero-order valence-corrected chi connectivity index (χ0v) is 10.1. The highest BCUT2D eigenvalue weighted by Crippen LogP contribution is 2.16. The largest absolute Gasteiger partial charge is 0.371 e. The molecule has 0 aromatic heterocycles. The number of benzene rings is 1. The highest BCUT2D eigenvalue weighted by Gasteiger charge is 2.26. The number of hydrogen-bond acceptors (Lipinski definition) is 2. The Bertz CT molecular complexity index is 397. The molecule has 0 N–H and O–H groups in total. The van der Waals surface area contributed by atoms with Gasteiger partial charge >= 0.3 is 0 Å². The van der Waals surface area contributed by atoms with Crippen molar-refractivity contribution in [2.24, 2.45) is 0 Å². The van der Waals surface area contributed by atoms with Crippen LogP contribution in [0.2, 0.25) is 0 Å². The Labute approximate surface area is 95.4 Å². The molecule has 0 aliphatic rings. The van der Waals surface area contributed by atoms with Gasteiger partial charge < -0.3 is 4.74 Å².